The molecule has 0 bridgehead atoms. The van der Waals surface area contributed by atoms with E-state index in [1.54, 1.807) is 18.2 Å². The first-order valence-electron chi connectivity index (χ1n) is 10.7. The van der Waals surface area contributed by atoms with Crippen LogP contribution in [0.15, 0.2) is 57.4 Å². The Morgan fingerprint density at radius 2 is 1.86 bits per heavy atom. The van der Waals surface area contributed by atoms with Gasteiger partial charge in [0.15, 0.2) is 17.0 Å². The minimum atomic E-state index is -4.63. The summed E-state index contributed by atoms with van der Waals surface area (Å²) in [5.41, 5.74) is 6.16. The number of para-hydroxylation sites is 2. The molecule has 0 aliphatic rings. The number of hydrogen-bond donors (Lipinski definition) is 2. The predicted molar refractivity (Wildman–Crippen MR) is 122 cm³/mol. The van der Waals surface area contributed by atoms with Crippen molar-refractivity contribution in [3.05, 3.63) is 71.6 Å². The van der Waals surface area contributed by atoms with Crippen molar-refractivity contribution in [1.29, 1.82) is 0 Å². The molecule has 2 aromatic carbocycles. The van der Waals surface area contributed by atoms with Gasteiger partial charge >= 0.3 is 6.18 Å². The van der Waals surface area contributed by atoms with Crippen molar-refractivity contribution in [2.75, 3.05) is 7.11 Å². The fourth-order valence-corrected chi connectivity index (χ4v) is 3.72. The molecule has 9 nitrogen and oxygen atoms in total. The lowest BCUT2D eigenvalue weighted by molar-refractivity contribution is -0.140. The highest BCUT2D eigenvalue weighted by Gasteiger charge is 2.33. The van der Waals surface area contributed by atoms with E-state index in [1.165, 1.54) is 19.2 Å². The summed E-state index contributed by atoms with van der Waals surface area (Å²) in [5.74, 6) is -0.0411. The minimum absolute atomic E-state index is 0.00308. The third kappa shape index (κ3) is 4.22. The van der Waals surface area contributed by atoms with Crippen molar-refractivity contribution in [1.82, 2.24) is 20.3 Å². The van der Waals surface area contributed by atoms with Crippen LogP contribution in [0.1, 0.15) is 27.8 Å². The molecule has 0 saturated heterocycles. The van der Waals surface area contributed by atoms with Gasteiger partial charge in [-0.05, 0) is 36.4 Å². The number of carbonyl (C=O) groups is 1. The Morgan fingerprint density at radius 3 is 2.58 bits per heavy atom. The lowest BCUT2D eigenvalue weighted by Gasteiger charge is -2.11. The number of nitrogens with two attached hydrogens (primary N) is 1. The molecule has 0 aliphatic carbocycles. The van der Waals surface area contributed by atoms with Crippen molar-refractivity contribution in [2.24, 2.45) is 5.73 Å². The molecule has 0 aliphatic heterocycles. The molecule has 5 rings (SSSR count). The number of alkyl halides is 3. The van der Waals surface area contributed by atoms with E-state index in [4.69, 9.17) is 19.3 Å². The van der Waals surface area contributed by atoms with Crippen LogP contribution >= 0.6 is 0 Å². The van der Waals surface area contributed by atoms with Crippen LogP contribution in [0, 0.1) is 0 Å². The standard InChI is InChI=1S/C24H18F3N5O4/c1-34-16-8-6-13(12-7-9-18(24(25,26)27)31-20(12)16)23-32-21(17(10-28)36-23)22(33)29-11-19-30-14-4-2-3-5-15(14)35-19/h2-9H,10-11,28H2,1H3,(H,29,33). The zero-order valence-electron chi connectivity index (χ0n) is 18.7. The third-order valence-corrected chi connectivity index (χ3v) is 5.40. The van der Waals surface area contributed by atoms with E-state index in [9.17, 15) is 18.0 Å². The van der Waals surface area contributed by atoms with Gasteiger partial charge in [0, 0.05) is 10.9 Å². The number of amides is 1. The summed E-state index contributed by atoms with van der Waals surface area (Å²) in [4.78, 5) is 25.2. The summed E-state index contributed by atoms with van der Waals surface area (Å²) >= 11 is 0. The summed E-state index contributed by atoms with van der Waals surface area (Å²) in [6.07, 6.45) is -4.63. The van der Waals surface area contributed by atoms with Crippen molar-refractivity contribution < 1.29 is 31.5 Å². The monoisotopic (exact) mass is 497 g/mol. The fourth-order valence-electron chi connectivity index (χ4n) is 3.72. The molecule has 0 radical (unpaired) electrons. The average molecular weight is 497 g/mol. The van der Waals surface area contributed by atoms with Crippen LogP contribution in [0.3, 0.4) is 0 Å². The molecule has 0 spiro atoms. The second-order valence-corrected chi connectivity index (χ2v) is 7.66. The first-order chi connectivity index (χ1) is 17.3. The molecule has 36 heavy (non-hydrogen) atoms. The van der Waals surface area contributed by atoms with E-state index in [-0.39, 0.29) is 41.7 Å². The molecule has 3 N–H and O–H groups in total. The van der Waals surface area contributed by atoms with E-state index < -0.39 is 17.8 Å². The van der Waals surface area contributed by atoms with Gasteiger partial charge in [-0.1, -0.05) is 12.1 Å². The zero-order valence-corrected chi connectivity index (χ0v) is 18.7. The highest BCUT2D eigenvalue weighted by Crippen LogP contribution is 2.37. The number of nitrogens with zero attached hydrogens (tertiary/aromatic N) is 3. The van der Waals surface area contributed by atoms with Crippen molar-refractivity contribution in [3.8, 4) is 17.2 Å². The van der Waals surface area contributed by atoms with Crippen LogP contribution in [-0.2, 0) is 19.3 Å². The maximum absolute atomic E-state index is 13.2. The number of halogens is 3. The number of oxazole rings is 2. The third-order valence-electron chi connectivity index (χ3n) is 5.40. The topological polar surface area (TPSA) is 129 Å². The molecule has 184 valence electrons. The lowest BCUT2D eigenvalue weighted by atomic mass is 10.1. The first kappa shape index (κ1) is 23.3. The summed E-state index contributed by atoms with van der Waals surface area (Å²) in [7, 11) is 1.33. The van der Waals surface area contributed by atoms with Crippen LogP contribution in [0.5, 0.6) is 5.75 Å². The van der Waals surface area contributed by atoms with Crippen molar-refractivity contribution in [2.45, 2.75) is 19.3 Å². The molecule has 0 unspecified atom stereocenters. The van der Waals surface area contributed by atoms with E-state index in [2.05, 4.69) is 20.3 Å². The first-order valence-corrected chi connectivity index (χ1v) is 10.7. The quantitative estimate of drug-likeness (QED) is 0.352. The van der Waals surface area contributed by atoms with Gasteiger partial charge in [-0.15, -0.1) is 0 Å². The second-order valence-electron chi connectivity index (χ2n) is 7.66. The Kier molecular flexibility index (Phi) is 5.80. The number of aromatic nitrogens is 3. The molecule has 0 atom stereocenters. The predicted octanol–water partition coefficient (Wildman–Crippen LogP) is 4.45. The largest absolute Gasteiger partial charge is 0.494 e. The normalized spacial score (nSPS) is 11.8. The molecule has 3 heterocycles. The Morgan fingerprint density at radius 1 is 1.06 bits per heavy atom. The van der Waals surface area contributed by atoms with E-state index in [0.29, 0.717) is 27.9 Å². The highest BCUT2D eigenvalue weighted by atomic mass is 19.4. The van der Waals surface area contributed by atoms with Crippen LogP contribution < -0.4 is 15.8 Å². The van der Waals surface area contributed by atoms with Gasteiger partial charge in [-0.25, -0.2) is 15.0 Å². The van der Waals surface area contributed by atoms with E-state index >= 15 is 0 Å². The van der Waals surface area contributed by atoms with Crippen LogP contribution in [0.2, 0.25) is 0 Å². The molecular weight excluding hydrogens is 479 g/mol. The summed E-state index contributed by atoms with van der Waals surface area (Å²) in [6.45, 7) is -0.140. The number of carbonyl (C=O) groups excluding carboxylic acids is 1. The van der Waals surface area contributed by atoms with Gasteiger partial charge in [0.2, 0.25) is 11.8 Å². The molecule has 12 heteroatoms. The SMILES string of the molecule is COc1ccc(-c2nc(C(=O)NCc3nc4ccccc4o3)c(CN)o2)c2ccc(C(F)(F)F)nc12. The number of benzene rings is 2. The molecule has 5 aromatic rings. The van der Waals surface area contributed by atoms with Gasteiger partial charge in [0.05, 0.1) is 20.2 Å². The molecular formula is C24H18F3N5O4. The molecule has 3 aromatic heterocycles. The number of methoxy groups -OCH3 is 1. The summed E-state index contributed by atoms with van der Waals surface area (Å²) in [5, 5.41) is 2.96. The molecule has 1 amide bonds. The maximum Gasteiger partial charge on any atom is 0.433 e. The van der Waals surface area contributed by atoms with Crippen LogP contribution in [0.25, 0.3) is 33.5 Å². The smallest absolute Gasteiger partial charge is 0.433 e. The van der Waals surface area contributed by atoms with Gasteiger partial charge in [0.1, 0.15) is 22.5 Å². The Bertz CT molecular complexity index is 1560. The maximum atomic E-state index is 13.2. The number of hydrogen-bond acceptors (Lipinski definition) is 8. The number of pyridine rings is 1. The summed E-state index contributed by atoms with van der Waals surface area (Å²) < 4.78 is 56.2. The van der Waals surface area contributed by atoms with Crippen molar-refractivity contribution in [3.63, 3.8) is 0 Å². The van der Waals surface area contributed by atoms with Gasteiger partial charge in [0.25, 0.3) is 5.91 Å². The van der Waals surface area contributed by atoms with E-state index in [0.717, 1.165) is 6.07 Å². The van der Waals surface area contributed by atoms with Gasteiger partial charge in [-0.3, -0.25) is 4.79 Å². The number of rotatable bonds is 6. The lowest BCUT2D eigenvalue weighted by Crippen LogP contribution is -2.24. The zero-order chi connectivity index (χ0) is 25.4. The Balaban J connectivity index is 1.47. The minimum Gasteiger partial charge on any atom is -0.494 e. The van der Waals surface area contributed by atoms with Gasteiger partial charge in [-0.2, -0.15) is 13.2 Å². The fraction of sp³-hybridized carbons (Fsp3) is 0.167. The molecule has 0 fully saturated rings. The second kappa shape index (κ2) is 8.96. The number of nitrogens with one attached hydrogen (secondary N) is 1. The van der Waals surface area contributed by atoms with Crippen molar-refractivity contribution >= 4 is 27.9 Å². The van der Waals surface area contributed by atoms with Gasteiger partial charge < -0.3 is 24.6 Å². The summed E-state index contributed by atoms with van der Waals surface area (Å²) in [6, 6.07) is 12.3. The average Bonchev–Trinajstić information content (AvgIpc) is 3.49. The number of ether oxygens (including phenoxy) is 1. The highest BCUT2D eigenvalue weighted by molar-refractivity contribution is 5.98. The van der Waals surface area contributed by atoms with Crippen LogP contribution in [0.4, 0.5) is 13.2 Å². The van der Waals surface area contributed by atoms with Crippen LogP contribution in [-0.4, -0.2) is 28.0 Å². The molecule has 0 saturated carbocycles. The van der Waals surface area contributed by atoms with E-state index in [1.807, 2.05) is 12.1 Å². The number of fused-ring (bicyclic) bond motifs is 2. The Hall–Kier alpha value is -4.45. The Labute approximate surface area is 201 Å².